The van der Waals surface area contributed by atoms with Gasteiger partial charge in [-0.15, -0.1) is 0 Å². The zero-order valence-corrected chi connectivity index (χ0v) is 9.97. The number of aromatic hydroxyl groups is 1. The third kappa shape index (κ3) is 3.72. The molecule has 1 aromatic carbocycles. The topological polar surface area (TPSA) is 95.6 Å². The molecule has 5 nitrogen and oxygen atoms in total. The Morgan fingerprint density at radius 3 is 2.71 bits per heavy atom. The molecule has 0 fully saturated rings. The Kier molecular flexibility index (Phi) is 4.48. The molecule has 2 atom stereocenters. The van der Waals surface area contributed by atoms with Gasteiger partial charge >= 0.3 is 0 Å². The van der Waals surface area contributed by atoms with Gasteiger partial charge in [0.2, 0.25) is 0 Å². The highest BCUT2D eigenvalue weighted by Crippen LogP contribution is 2.15. The number of aryl methyl sites for hydroxylation is 1. The molecule has 5 N–H and O–H groups in total. The van der Waals surface area contributed by atoms with E-state index >= 15 is 0 Å². The number of carbonyl (C=O) groups excluding carboxylic acids is 1. The van der Waals surface area contributed by atoms with Crippen molar-refractivity contribution in [3.8, 4) is 5.75 Å². The minimum Gasteiger partial charge on any atom is -0.508 e. The molecule has 0 radical (unpaired) electrons. The van der Waals surface area contributed by atoms with Crippen molar-refractivity contribution in [3.63, 3.8) is 0 Å². The van der Waals surface area contributed by atoms with Crippen molar-refractivity contribution in [3.05, 3.63) is 29.3 Å². The van der Waals surface area contributed by atoms with Crippen molar-refractivity contribution in [2.24, 2.45) is 5.73 Å². The lowest BCUT2D eigenvalue weighted by Crippen LogP contribution is -2.43. The van der Waals surface area contributed by atoms with E-state index in [2.05, 4.69) is 5.32 Å². The van der Waals surface area contributed by atoms with Crippen LogP contribution in [0.15, 0.2) is 18.2 Å². The Hall–Kier alpha value is -1.59. The van der Waals surface area contributed by atoms with Crippen LogP contribution in [0.4, 0.5) is 0 Å². The first kappa shape index (κ1) is 13.5. The highest BCUT2D eigenvalue weighted by atomic mass is 16.3. The van der Waals surface area contributed by atoms with E-state index in [0.29, 0.717) is 11.1 Å². The number of aliphatic hydroxyl groups excluding tert-OH is 1. The number of hydrogen-bond donors (Lipinski definition) is 4. The molecule has 1 rings (SSSR count). The highest BCUT2D eigenvalue weighted by molar-refractivity contribution is 5.95. The van der Waals surface area contributed by atoms with Gasteiger partial charge in [-0.3, -0.25) is 4.79 Å². The number of phenolic OH excluding ortho intramolecular Hbond substituents is 1. The summed E-state index contributed by atoms with van der Waals surface area (Å²) in [5, 5.41) is 21.0. The molecule has 0 aromatic heterocycles. The van der Waals surface area contributed by atoms with Gasteiger partial charge in [-0.1, -0.05) is 0 Å². The van der Waals surface area contributed by atoms with Gasteiger partial charge in [0, 0.05) is 18.2 Å². The van der Waals surface area contributed by atoms with Crippen LogP contribution in [0.2, 0.25) is 0 Å². The summed E-state index contributed by atoms with van der Waals surface area (Å²) in [5.41, 5.74) is 6.78. The maximum atomic E-state index is 11.8. The summed E-state index contributed by atoms with van der Waals surface area (Å²) in [4.78, 5) is 11.8. The van der Waals surface area contributed by atoms with Gasteiger partial charge in [-0.25, -0.2) is 0 Å². The van der Waals surface area contributed by atoms with Gasteiger partial charge in [-0.2, -0.15) is 0 Å². The van der Waals surface area contributed by atoms with Crippen LogP contribution in [0, 0.1) is 6.92 Å². The number of hydrogen-bond acceptors (Lipinski definition) is 4. The summed E-state index contributed by atoms with van der Waals surface area (Å²) in [7, 11) is 0. The lowest BCUT2D eigenvalue weighted by molar-refractivity contribution is 0.0937. The average molecular weight is 238 g/mol. The van der Waals surface area contributed by atoms with E-state index < -0.39 is 12.1 Å². The Balaban J connectivity index is 2.64. The van der Waals surface area contributed by atoms with Crippen LogP contribution in [0.1, 0.15) is 22.8 Å². The minimum atomic E-state index is -0.670. The normalized spacial score (nSPS) is 14.1. The van der Waals surface area contributed by atoms with Crippen LogP contribution in [0.25, 0.3) is 0 Å². The molecular weight excluding hydrogens is 220 g/mol. The van der Waals surface area contributed by atoms with E-state index in [1.807, 2.05) is 0 Å². The van der Waals surface area contributed by atoms with Crippen molar-refractivity contribution < 1.29 is 15.0 Å². The molecule has 0 bridgehead atoms. The molecule has 0 heterocycles. The number of carbonyl (C=O) groups is 1. The van der Waals surface area contributed by atoms with E-state index in [9.17, 15) is 15.0 Å². The third-order valence-electron chi connectivity index (χ3n) is 2.57. The second-order valence-electron chi connectivity index (χ2n) is 4.11. The van der Waals surface area contributed by atoms with Crippen LogP contribution in [-0.2, 0) is 0 Å². The molecule has 1 aromatic rings. The van der Waals surface area contributed by atoms with Crippen molar-refractivity contribution in [1.82, 2.24) is 5.32 Å². The predicted molar refractivity (Wildman–Crippen MR) is 64.8 cm³/mol. The van der Waals surface area contributed by atoms with Crippen LogP contribution >= 0.6 is 0 Å². The molecule has 94 valence electrons. The predicted octanol–water partition coefficient (Wildman–Crippen LogP) is 0.139. The van der Waals surface area contributed by atoms with Crippen molar-refractivity contribution in [1.29, 1.82) is 0 Å². The molecule has 17 heavy (non-hydrogen) atoms. The van der Waals surface area contributed by atoms with Crippen LogP contribution in [-0.4, -0.2) is 34.8 Å². The summed E-state index contributed by atoms with van der Waals surface area (Å²) < 4.78 is 0. The Labute approximate surface area is 100 Å². The molecule has 0 spiro atoms. The molecule has 0 saturated heterocycles. The fourth-order valence-electron chi connectivity index (χ4n) is 1.38. The molecule has 2 unspecified atom stereocenters. The average Bonchev–Trinajstić information content (AvgIpc) is 2.25. The second kappa shape index (κ2) is 5.65. The van der Waals surface area contributed by atoms with E-state index in [0.717, 1.165) is 0 Å². The van der Waals surface area contributed by atoms with Gasteiger partial charge in [0.15, 0.2) is 0 Å². The lowest BCUT2D eigenvalue weighted by Gasteiger charge is -2.15. The smallest absolute Gasteiger partial charge is 0.251 e. The first-order valence-electron chi connectivity index (χ1n) is 5.43. The number of nitrogens with one attached hydrogen (secondary N) is 1. The Bertz CT molecular complexity index is 405. The van der Waals surface area contributed by atoms with Gasteiger partial charge in [0.05, 0.1) is 6.10 Å². The van der Waals surface area contributed by atoms with Gasteiger partial charge in [-0.05, 0) is 37.6 Å². The Morgan fingerprint density at radius 2 is 2.18 bits per heavy atom. The molecule has 5 heteroatoms. The zero-order chi connectivity index (χ0) is 13.0. The number of rotatable bonds is 4. The summed E-state index contributed by atoms with van der Waals surface area (Å²) >= 11 is 0. The van der Waals surface area contributed by atoms with Gasteiger partial charge in [0.1, 0.15) is 5.75 Å². The summed E-state index contributed by atoms with van der Waals surface area (Å²) in [5.74, 6) is -0.140. The molecule has 1 amide bonds. The number of amides is 1. The van der Waals surface area contributed by atoms with Crippen molar-refractivity contribution in [2.45, 2.75) is 26.0 Å². The Morgan fingerprint density at radius 1 is 1.53 bits per heavy atom. The summed E-state index contributed by atoms with van der Waals surface area (Å²) in [6.07, 6.45) is -0.670. The number of benzene rings is 1. The molecular formula is C12H18N2O3. The first-order chi connectivity index (χ1) is 7.91. The zero-order valence-electron chi connectivity index (χ0n) is 9.97. The van der Waals surface area contributed by atoms with Crippen LogP contribution < -0.4 is 11.1 Å². The number of nitrogens with two attached hydrogens (primary N) is 1. The van der Waals surface area contributed by atoms with Gasteiger partial charge < -0.3 is 21.3 Å². The molecule has 0 aliphatic carbocycles. The molecule has 0 saturated carbocycles. The quantitative estimate of drug-likeness (QED) is 0.600. The maximum absolute atomic E-state index is 11.8. The lowest BCUT2D eigenvalue weighted by atomic mass is 10.1. The highest BCUT2D eigenvalue weighted by Gasteiger charge is 2.13. The fraction of sp³-hybridized carbons (Fsp3) is 0.417. The number of phenols is 1. The monoisotopic (exact) mass is 238 g/mol. The largest absolute Gasteiger partial charge is 0.508 e. The van der Waals surface area contributed by atoms with E-state index in [4.69, 9.17) is 5.73 Å². The van der Waals surface area contributed by atoms with Crippen LogP contribution in [0.5, 0.6) is 5.75 Å². The van der Waals surface area contributed by atoms with E-state index in [1.165, 1.54) is 12.1 Å². The van der Waals surface area contributed by atoms with E-state index in [1.54, 1.807) is 19.9 Å². The maximum Gasteiger partial charge on any atom is 0.251 e. The second-order valence-corrected chi connectivity index (χ2v) is 4.11. The fourth-order valence-corrected chi connectivity index (χ4v) is 1.38. The SMILES string of the molecule is Cc1cc(O)ccc1C(=O)NCC(N)C(C)O. The summed E-state index contributed by atoms with van der Waals surface area (Å²) in [6.45, 7) is 3.52. The standard InChI is InChI=1S/C12H18N2O3/c1-7-5-9(16)3-4-10(7)12(17)14-6-11(13)8(2)15/h3-5,8,11,15-16H,6,13H2,1-2H3,(H,14,17). The molecule has 0 aliphatic heterocycles. The van der Waals surface area contributed by atoms with Crippen molar-refractivity contribution in [2.75, 3.05) is 6.54 Å². The van der Waals surface area contributed by atoms with Gasteiger partial charge in [0.25, 0.3) is 5.91 Å². The third-order valence-corrected chi connectivity index (χ3v) is 2.57. The number of aliphatic hydroxyl groups is 1. The summed E-state index contributed by atoms with van der Waals surface area (Å²) in [6, 6.07) is 4.03. The minimum absolute atomic E-state index is 0.125. The van der Waals surface area contributed by atoms with E-state index in [-0.39, 0.29) is 18.2 Å². The van der Waals surface area contributed by atoms with Crippen LogP contribution in [0.3, 0.4) is 0 Å². The van der Waals surface area contributed by atoms with Crippen molar-refractivity contribution >= 4 is 5.91 Å². The molecule has 0 aliphatic rings. The first-order valence-corrected chi connectivity index (χ1v) is 5.43.